The van der Waals surface area contributed by atoms with Crippen LogP contribution < -0.4 is 11.1 Å². The topological polar surface area (TPSA) is 108 Å². The summed E-state index contributed by atoms with van der Waals surface area (Å²) in [4.78, 5) is 12.3. The molecule has 0 aromatic heterocycles. The molecule has 0 spiro atoms. The second-order valence-corrected chi connectivity index (χ2v) is 4.73. The molecule has 0 aliphatic rings. The van der Waals surface area contributed by atoms with Gasteiger partial charge in [-0.1, -0.05) is 19.0 Å². The number of carbonyl (C=O) groups excluding carboxylic acids is 1. The summed E-state index contributed by atoms with van der Waals surface area (Å²) < 4.78 is 0. The van der Waals surface area contributed by atoms with E-state index in [0.29, 0.717) is 24.0 Å². The average Bonchev–Trinajstić information content (AvgIpc) is 2.46. The van der Waals surface area contributed by atoms with Crippen LogP contribution in [0.15, 0.2) is 23.4 Å². The van der Waals surface area contributed by atoms with Crippen molar-refractivity contribution in [1.29, 1.82) is 0 Å². The minimum absolute atomic E-state index is 0.0219. The summed E-state index contributed by atoms with van der Waals surface area (Å²) in [5.41, 5.74) is 5.85. The summed E-state index contributed by atoms with van der Waals surface area (Å²) in [5.74, 6) is -0.218. The Balaban J connectivity index is 3.05. The molecule has 110 valence electrons. The van der Waals surface area contributed by atoms with Crippen molar-refractivity contribution >= 4 is 11.7 Å². The number of amides is 1. The molecule has 0 radical (unpaired) electrons. The van der Waals surface area contributed by atoms with Gasteiger partial charge in [-0.2, -0.15) is 0 Å². The van der Waals surface area contributed by atoms with Crippen LogP contribution in [0.4, 0.5) is 0 Å². The quantitative estimate of drug-likeness (QED) is 0.285. The molecular weight excluding hydrogens is 258 g/mol. The number of rotatable bonds is 5. The molecule has 0 saturated heterocycles. The third-order valence-electron chi connectivity index (χ3n) is 3.62. The van der Waals surface area contributed by atoms with Gasteiger partial charge >= 0.3 is 0 Å². The van der Waals surface area contributed by atoms with Crippen molar-refractivity contribution in [2.75, 3.05) is 0 Å². The molecule has 0 heterocycles. The highest BCUT2D eigenvalue weighted by Crippen LogP contribution is 2.20. The van der Waals surface area contributed by atoms with Crippen LogP contribution in [0.3, 0.4) is 0 Å². The van der Waals surface area contributed by atoms with E-state index in [1.807, 2.05) is 13.8 Å². The smallest absolute Gasteiger partial charge is 0.252 e. The summed E-state index contributed by atoms with van der Waals surface area (Å²) in [6, 6.07) is 4.58. The van der Waals surface area contributed by atoms with Gasteiger partial charge in [-0.25, -0.2) is 0 Å². The van der Waals surface area contributed by atoms with Crippen molar-refractivity contribution in [2.45, 2.75) is 39.2 Å². The van der Waals surface area contributed by atoms with Crippen molar-refractivity contribution in [3.63, 3.8) is 0 Å². The van der Waals surface area contributed by atoms with Crippen LogP contribution in [0.1, 0.15) is 42.6 Å². The summed E-state index contributed by atoms with van der Waals surface area (Å²) >= 11 is 0. The molecule has 1 aromatic carbocycles. The summed E-state index contributed by atoms with van der Waals surface area (Å²) in [7, 11) is 0. The second-order valence-electron chi connectivity index (χ2n) is 4.73. The number of aryl methyl sites for hydroxylation is 1. The van der Waals surface area contributed by atoms with E-state index in [9.17, 15) is 9.90 Å². The lowest BCUT2D eigenvalue weighted by atomic mass is 9.91. The minimum Gasteiger partial charge on any atom is -0.508 e. The Morgan fingerprint density at radius 1 is 1.40 bits per heavy atom. The number of carbonyl (C=O) groups is 1. The Bertz CT molecular complexity index is 522. The fraction of sp³-hybridized carbons (Fsp3) is 0.429. The zero-order valence-corrected chi connectivity index (χ0v) is 12.0. The summed E-state index contributed by atoms with van der Waals surface area (Å²) in [6.07, 6.45) is 1.00. The molecule has 0 aliphatic carbocycles. The molecule has 5 N–H and O–H groups in total. The number of aromatic hydroxyl groups is 1. The van der Waals surface area contributed by atoms with E-state index in [2.05, 4.69) is 10.5 Å². The highest BCUT2D eigenvalue weighted by atomic mass is 16.4. The van der Waals surface area contributed by atoms with Crippen molar-refractivity contribution < 1.29 is 15.1 Å². The van der Waals surface area contributed by atoms with Crippen LogP contribution in [0.5, 0.6) is 5.75 Å². The highest BCUT2D eigenvalue weighted by Gasteiger charge is 2.33. The van der Waals surface area contributed by atoms with Gasteiger partial charge in [0, 0.05) is 5.56 Å². The fourth-order valence-corrected chi connectivity index (χ4v) is 2.03. The monoisotopic (exact) mass is 279 g/mol. The molecule has 1 rings (SSSR count). The third-order valence-corrected chi connectivity index (χ3v) is 3.62. The van der Waals surface area contributed by atoms with Crippen LogP contribution in [-0.2, 0) is 0 Å². The molecule has 6 heteroatoms. The first-order valence-corrected chi connectivity index (χ1v) is 6.50. The molecule has 0 atom stereocenters. The number of oxime groups is 1. The Hall–Kier alpha value is -2.24. The lowest BCUT2D eigenvalue weighted by molar-refractivity contribution is 0.0917. The van der Waals surface area contributed by atoms with Gasteiger partial charge in [0.25, 0.3) is 5.91 Å². The number of benzene rings is 1. The predicted molar refractivity (Wildman–Crippen MR) is 77.0 cm³/mol. The molecule has 1 aromatic rings. The Morgan fingerprint density at radius 3 is 2.45 bits per heavy atom. The van der Waals surface area contributed by atoms with Crippen molar-refractivity contribution in [3.8, 4) is 5.75 Å². The first-order valence-electron chi connectivity index (χ1n) is 6.50. The predicted octanol–water partition coefficient (Wildman–Crippen LogP) is 1.74. The van der Waals surface area contributed by atoms with Gasteiger partial charge in [-0.3, -0.25) is 4.79 Å². The minimum atomic E-state index is -0.877. The lowest BCUT2D eigenvalue weighted by Gasteiger charge is -2.31. The molecule has 0 unspecified atom stereocenters. The highest BCUT2D eigenvalue weighted by molar-refractivity contribution is 6.00. The van der Waals surface area contributed by atoms with Crippen LogP contribution in [0.2, 0.25) is 0 Å². The van der Waals surface area contributed by atoms with Gasteiger partial charge < -0.3 is 21.4 Å². The normalized spacial score (nSPS) is 12.2. The Morgan fingerprint density at radius 2 is 2.00 bits per heavy atom. The maximum atomic E-state index is 12.3. The molecule has 0 saturated carbocycles. The van der Waals surface area contributed by atoms with Crippen molar-refractivity contribution in [1.82, 2.24) is 5.32 Å². The zero-order chi connectivity index (χ0) is 15.3. The number of nitrogens with zero attached hydrogens (tertiary/aromatic N) is 1. The van der Waals surface area contributed by atoms with Crippen LogP contribution in [0.25, 0.3) is 0 Å². The largest absolute Gasteiger partial charge is 0.508 e. The van der Waals surface area contributed by atoms with E-state index in [1.165, 1.54) is 12.1 Å². The van der Waals surface area contributed by atoms with Crippen molar-refractivity contribution in [2.24, 2.45) is 10.9 Å². The van der Waals surface area contributed by atoms with Gasteiger partial charge in [-0.15, -0.1) is 0 Å². The number of nitrogens with one attached hydrogen (secondary N) is 1. The van der Waals surface area contributed by atoms with E-state index in [1.54, 1.807) is 13.0 Å². The molecule has 0 fully saturated rings. The molecule has 20 heavy (non-hydrogen) atoms. The molecule has 0 aliphatic heterocycles. The van der Waals surface area contributed by atoms with Crippen LogP contribution in [0, 0.1) is 6.92 Å². The molecule has 0 bridgehead atoms. The van der Waals surface area contributed by atoms with Gasteiger partial charge in [-0.05, 0) is 43.5 Å². The number of hydrogen-bond acceptors (Lipinski definition) is 4. The SMILES string of the molecule is CCC(CC)(NC(=O)c1ccc(O)c(C)c1)/C(N)=N/O. The first-order chi connectivity index (χ1) is 9.40. The first kappa shape index (κ1) is 15.8. The third kappa shape index (κ3) is 3.01. The molecule has 1 amide bonds. The summed E-state index contributed by atoms with van der Waals surface area (Å²) in [5, 5.41) is 24.2. The van der Waals surface area contributed by atoms with Crippen LogP contribution >= 0.6 is 0 Å². The second kappa shape index (κ2) is 6.27. The number of phenols is 1. The number of hydrogen-bond donors (Lipinski definition) is 4. The van der Waals surface area contributed by atoms with E-state index in [0.717, 1.165) is 0 Å². The molecule has 6 nitrogen and oxygen atoms in total. The van der Waals surface area contributed by atoms with E-state index >= 15 is 0 Å². The standard InChI is InChI=1S/C14H21N3O3/c1-4-14(5-2,13(15)17-20)16-12(19)10-6-7-11(18)9(3)8-10/h6-8,18,20H,4-5H2,1-3H3,(H2,15,17)(H,16,19). The zero-order valence-electron chi connectivity index (χ0n) is 12.0. The maximum absolute atomic E-state index is 12.3. The van der Waals surface area contributed by atoms with Crippen molar-refractivity contribution in [3.05, 3.63) is 29.3 Å². The Kier molecular flexibility index (Phi) is 4.96. The molecular formula is C14H21N3O3. The average molecular weight is 279 g/mol. The van der Waals surface area contributed by atoms with E-state index < -0.39 is 5.54 Å². The number of phenolic OH excluding ortho intramolecular Hbond substituents is 1. The number of nitrogens with two attached hydrogens (primary N) is 1. The Labute approximate surface area is 118 Å². The maximum Gasteiger partial charge on any atom is 0.252 e. The van der Waals surface area contributed by atoms with Gasteiger partial charge in [0.15, 0.2) is 5.84 Å². The number of amidine groups is 1. The van der Waals surface area contributed by atoms with E-state index in [4.69, 9.17) is 10.9 Å². The van der Waals surface area contributed by atoms with Crippen LogP contribution in [-0.4, -0.2) is 27.6 Å². The van der Waals surface area contributed by atoms with Gasteiger partial charge in [0.1, 0.15) is 11.3 Å². The fourth-order valence-electron chi connectivity index (χ4n) is 2.03. The lowest BCUT2D eigenvalue weighted by Crippen LogP contribution is -2.56. The summed E-state index contributed by atoms with van der Waals surface area (Å²) in [6.45, 7) is 5.41. The van der Waals surface area contributed by atoms with Gasteiger partial charge in [0.2, 0.25) is 0 Å². The van der Waals surface area contributed by atoms with Gasteiger partial charge in [0.05, 0.1) is 0 Å². The van der Waals surface area contributed by atoms with E-state index in [-0.39, 0.29) is 17.5 Å².